The van der Waals surface area contributed by atoms with Crippen molar-refractivity contribution < 1.29 is 13.9 Å². The maximum atomic E-state index is 12.6. The van der Waals surface area contributed by atoms with Gasteiger partial charge in [-0.3, -0.25) is 4.79 Å². The first kappa shape index (κ1) is 15.6. The first-order chi connectivity index (χ1) is 10.6. The highest BCUT2D eigenvalue weighted by atomic mass is 35.5. The summed E-state index contributed by atoms with van der Waals surface area (Å²) < 4.78 is 12.0. The second kappa shape index (κ2) is 6.86. The Morgan fingerprint density at radius 3 is 2.95 bits per heavy atom. The van der Waals surface area contributed by atoms with Gasteiger partial charge in [-0.25, -0.2) is 0 Å². The molecule has 2 aromatic rings. The summed E-state index contributed by atoms with van der Waals surface area (Å²) in [5.74, 6) is 1.78. The maximum Gasteiger partial charge on any atom is 0.223 e. The van der Waals surface area contributed by atoms with Gasteiger partial charge in [0.2, 0.25) is 5.91 Å². The number of morpholine rings is 1. The van der Waals surface area contributed by atoms with Crippen LogP contribution in [0.15, 0.2) is 28.7 Å². The van der Waals surface area contributed by atoms with Gasteiger partial charge < -0.3 is 14.1 Å². The zero-order valence-electron chi connectivity index (χ0n) is 12.4. The fourth-order valence-corrected chi connectivity index (χ4v) is 3.72. The van der Waals surface area contributed by atoms with Crippen molar-refractivity contribution in [1.29, 1.82) is 0 Å². The third kappa shape index (κ3) is 3.54. The summed E-state index contributed by atoms with van der Waals surface area (Å²) in [5, 5.41) is 0. The van der Waals surface area contributed by atoms with Crippen molar-refractivity contribution in [2.75, 3.05) is 19.8 Å². The molecule has 4 nitrogen and oxygen atoms in total. The van der Waals surface area contributed by atoms with Crippen molar-refractivity contribution in [3.8, 4) is 0 Å². The number of hydrogen-bond donors (Lipinski definition) is 0. The molecule has 0 N–H and O–H groups in total. The van der Waals surface area contributed by atoms with Gasteiger partial charge in [0.05, 0.1) is 17.6 Å². The Kier molecular flexibility index (Phi) is 4.86. The van der Waals surface area contributed by atoms with Gasteiger partial charge in [0.25, 0.3) is 0 Å². The summed E-state index contributed by atoms with van der Waals surface area (Å²) in [6.07, 6.45) is 1.20. The normalized spacial score (nSPS) is 18.6. The van der Waals surface area contributed by atoms with Crippen molar-refractivity contribution in [2.24, 2.45) is 0 Å². The van der Waals surface area contributed by atoms with E-state index in [-0.39, 0.29) is 11.9 Å². The lowest BCUT2D eigenvalue weighted by molar-refractivity contribution is -0.140. The maximum absolute atomic E-state index is 12.6. The van der Waals surface area contributed by atoms with Gasteiger partial charge in [-0.1, -0.05) is 11.6 Å². The number of halogens is 1. The standard InChI is InChI=1S/C16H18ClNO3S/c1-11-2-5-14(21-11)13-10-20-9-8-18(13)16(19)7-4-12-3-6-15(17)22-12/h2-3,5-6,13H,4,7-10H2,1H3. The van der Waals surface area contributed by atoms with Gasteiger partial charge in [-0.15, -0.1) is 11.3 Å². The van der Waals surface area contributed by atoms with Crippen LogP contribution in [0.1, 0.15) is 28.9 Å². The Labute approximate surface area is 138 Å². The average Bonchev–Trinajstić information content (AvgIpc) is 3.13. The van der Waals surface area contributed by atoms with Crippen molar-refractivity contribution in [3.05, 3.63) is 45.0 Å². The summed E-state index contributed by atoms with van der Waals surface area (Å²) in [7, 11) is 0. The first-order valence-electron chi connectivity index (χ1n) is 7.31. The molecule has 0 aromatic carbocycles. The predicted molar refractivity (Wildman–Crippen MR) is 86.4 cm³/mol. The van der Waals surface area contributed by atoms with Crippen molar-refractivity contribution in [3.63, 3.8) is 0 Å². The van der Waals surface area contributed by atoms with Crippen LogP contribution in [0.4, 0.5) is 0 Å². The molecular weight excluding hydrogens is 322 g/mol. The molecule has 0 spiro atoms. The zero-order chi connectivity index (χ0) is 15.5. The monoisotopic (exact) mass is 339 g/mol. The molecule has 1 unspecified atom stereocenters. The fraction of sp³-hybridized carbons (Fsp3) is 0.438. The van der Waals surface area contributed by atoms with Crippen LogP contribution in [0.2, 0.25) is 4.34 Å². The zero-order valence-corrected chi connectivity index (χ0v) is 14.0. The fourth-order valence-electron chi connectivity index (χ4n) is 2.63. The van der Waals surface area contributed by atoms with Gasteiger partial charge in [-0.2, -0.15) is 0 Å². The minimum atomic E-state index is -0.123. The van der Waals surface area contributed by atoms with E-state index < -0.39 is 0 Å². The van der Waals surface area contributed by atoms with Crippen LogP contribution in [0.25, 0.3) is 0 Å². The largest absolute Gasteiger partial charge is 0.464 e. The number of nitrogens with zero attached hydrogens (tertiary/aromatic N) is 1. The van der Waals surface area contributed by atoms with E-state index >= 15 is 0 Å². The SMILES string of the molecule is Cc1ccc(C2COCCN2C(=O)CCc2ccc(Cl)s2)o1. The molecule has 118 valence electrons. The van der Waals surface area contributed by atoms with Crippen LogP contribution < -0.4 is 0 Å². The summed E-state index contributed by atoms with van der Waals surface area (Å²) in [4.78, 5) is 15.6. The molecule has 0 radical (unpaired) electrons. The van der Waals surface area contributed by atoms with Crippen molar-refractivity contribution in [2.45, 2.75) is 25.8 Å². The van der Waals surface area contributed by atoms with Gasteiger partial charge in [0, 0.05) is 17.8 Å². The number of ether oxygens (including phenoxy) is 1. The van der Waals surface area contributed by atoms with Crippen LogP contribution in [-0.4, -0.2) is 30.6 Å². The number of amides is 1. The van der Waals surface area contributed by atoms with Crippen LogP contribution in [-0.2, 0) is 16.0 Å². The lowest BCUT2D eigenvalue weighted by Gasteiger charge is -2.34. The van der Waals surface area contributed by atoms with Crippen LogP contribution >= 0.6 is 22.9 Å². The van der Waals surface area contributed by atoms with Crippen molar-refractivity contribution in [1.82, 2.24) is 4.90 Å². The number of carbonyl (C=O) groups is 1. The number of rotatable bonds is 4. The van der Waals surface area contributed by atoms with Gasteiger partial charge in [0.1, 0.15) is 17.6 Å². The molecule has 1 aliphatic rings. The van der Waals surface area contributed by atoms with Gasteiger partial charge in [0.15, 0.2) is 0 Å². The van der Waals surface area contributed by atoms with Crippen molar-refractivity contribution >= 4 is 28.8 Å². The summed E-state index contributed by atoms with van der Waals surface area (Å²) >= 11 is 7.45. The molecular formula is C16H18ClNO3S. The van der Waals surface area contributed by atoms with E-state index in [1.165, 1.54) is 11.3 Å². The third-order valence-corrected chi connectivity index (χ3v) is 5.04. The average molecular weight is 340 g/mol. The van der Waals surface area contributed by atoms with Crippen LogP contribution in [0.3, 0.4) is 0 Å². The molecule has 1 amide bonds. The molecule has 3 rings (SSSR count). The number of furan rings is 1. The second-order valence-corrected chi connectivity index (χ2v) is 7.13. The van der Waals surface area contributed by atoms with E-state index in [0.29, 0.717) is 26.2 Å². The highest BCUT2D eigenvalue weighted by Crippen LogP contribution is 2.27. The van der Waals surface area contributed by atoms with E-state index in [0.717, 1.165) is 27.2 Å². The Morgan fingerprint density at radius 2 is 2.27 bits per heavy atom. The van der Waals surface area contributed by atoms with Gasteiger partial charge >= 0.3 is 0 Å². The molecule has 1 atom stereocenters. The molecule has 22 heavy (non-hydrogen) atoms. The molecule has 6 heteroatoms. The number of hydrogen-bond acceptors (Lipinski definition) is 4. The second-order valence-electron chi connectivity index (χ2n) is 5.33. The lowest BCUT2D eigenvalue weighted by Crippen LogP contribution is -2.43. The number of aryl methyl sites for hydroxylation is 2. The number of carbonyl (C=O) groups excluding carboxylic acids is 1. The predicted octanol–water partition coefficient (Wildman–Crippen LogP) is 3.84. The van der Waals surface area contributed by atoms with Gasteiger partial charge in [-0.05, 0) is 37.6 Å². The van der Waals surface area contributed by atoms with E-state index in [1.54, 1.807) is 0 Å². The Hall–Kier alpha value is -1.30. The van der Waals surface area contributed by atoms with E-state index in [1.807, 2.05) is 36.1 Å². The molecule has 3 heterocycles. The number of thiophene rings is 1. The van der Waals surface area contributed by atoms with Crippen LogP contribution in [0, 0.1) is 6.92 Å². The highest BCUT2D eigenvalue weighted by Gasteiger charge is 2.30. The smallest absolute Gasteiger partial charge is 0.223 e. The molecule has 1 fully saturated rings. The Balaban J connectivity index is 1.66. The topological polar surface area (TPSA) is 42.7 Å². The highest BCUT2D eigenvalue weighted by molar-refractivity contribution is 7.16. The third-order valence-electron chi connectivity index (χ3n) is 3.75. The summed E-state index contributed by atoms with van der Waals surface area (Å²) in [6, 6.07) is 7.57. The minimum absolute atomic E-state index is 0.123. The van der Waals surface area contributed by atoms with E-state index in [4.69, 9.17) is 20.8 Å². The summed E-state index contributed by atoms with van der Waals surface area (Å²) in [6.45, 7) is 3.57. The Morgan fingerprint density at radius 1 is 1.41 bits per heavy atom. The quantitative estimate of drug-likeness (QED) is 0.850. The molecule has 1 saturated heterocycles. The lowest BCUT2D eigenvalue weighted by atomic mass is 10.1. The van der Waals surface area contributed by atoms with Crippen LogP contribution in [0.5, 0.6) is 0 Å². The Bertz CT molecular complexity index is 651. The molecule has 2 aromatic heterocycles. The molecule has 0 aliphatic carbocycles. The minimum Gasteiger partial charge on any atom is -0.464 e. The molecule has 1 aliphatic heterocycles. The summed E-state index contributed by atoms with van der Waals surface area (Å²) in [5.41, 5.74) is 0. The van der Waals surface area contributed by atoms with E-state index in [9.17, 15) is 4.79 Å². The van der Waals surface area contributed by atoms with E-state index in [2.05, 4.69) is 0 Å². The molecule has 0 bridgehead atoms. The molecule has 0 saturated carbocycles. The first-order valence-corrected chi connectivity index (χ1v) is 8.50.